The second-order valence-corrected chi connectivity index (χ2v) is 6.27. The quantitative estimate of drug-likeness (QED) is 0.855. The zero-order chi connectivity index (χ0) is 15.6. The molecule has 3 rings (SSSR count). The highest BCUT2D eigenvalue weighted by molar-refractivity contribution is 5.86. The second kappa shape index (κ2) is 6.36. The monoisotopic (exact) mass is 308 g/mol. The highest BCUT2D eigenvalue weighted by Crippen LogP contribution is 2.21. The normalized spacial score (nSPS) is 22.7. The van der Waals surface area contributed by atoms with Crippen LogP contribution in [0.2, 0.25) is 0 Å². The first-order valence-electron chi connectivity index (χ1n) is 7.87. The Labute approximate surface area is 130 Å². The molecule has 22 heavy (non-hydrogen) atoms. The molecule has 0 aliphatic carbocycles. The van der Waals surface area contributed by atoms with Crippen LogP contribution in [0.4, 0.5) is 0 Å². The number of hydrogen-bond acceptors (Lipinski definition) is 6. The Morgan fingerprint density at radius 3 is 2.59 bits per heavy atom. The first kappa shape index (κ1) is 15.5. The molecule has 0 radical (unpaired) electrons. The van der Waals surface area contributed by atoms with Gasteiger partial charge in [-0.15, -0.1) is 0 Å². The van der Waals surface area contributed by atoms with E-state index in [4.69, 9.17) is 15.0 Å². The summed E-state index contributed by atoms with van der Waals surface area (Å²) in [5.74, 6) is 0.947. The minimum Gasteiger partial charge on any atom is -0.381 e. The van der Waals surface area contributed by atoms with Crippen molar-refractivity contribution in [3.8, 4) is 0 Å². The Bertz CT molecular complexity index is 517. The molecule has 0 saturated carbocycles. The summed E-state index contributed by atoms with van der Waals surface area (Å²) < 4.78 is 10.6. The number of aryl methyl sites for hydroxylation is 1. The summed E-state index contributed by atoms with van der Waals surface area (Å²) >= 11 is 0. The topological polar surface area (TPSA) is 84.8 Å². The summed E-state index contributed by atoms with van der Waals surface area (Å²) in [6, 6.07) is 1.95. The third-order valence-electron chi connectivity index (χ3n) is 4.53. The van der Waals surface area contributed by atoms with Gasteiger partial charge >= 0.3 is 0 Å². The fourth-order valence-corrected chi connectivity index (χ4v) is 3.08. The Balaban J connectivity index is 1.51. The van der Waals surface area contributed by atoms with E-state index in [0.29, 0.717) is 39.1 Å². The van der Waals surface area contributed by atoms with Crippen LogP contribution < -0.4 is 5.73 Å². The molecule has 7 heteroatoms. The van der Waals surface area contributed by atoms with Gasteiger partial charge in [0.25, 0.3) is 0 Å². The van der Waals surface area contributed by atoms with Crippen LogP contribution in [-0.4, -0.2) is 65.8 Å². The highest BCUT2D eigenvalue weighted by atomic mass is 16.5. The van der Waals surface area contributed by atoms with Gasteiger partial charge in [-0.2, -0.15) is 0 Å². The molecule has 2 aliphatic rings. The van der Waals surface area contributed by atoms with Crippen molar-refractivity contribution in [1.29, 1.82) is 0 Å². The summed E-state index contributed by atoms with van der Waals surface area (Å²) in [6.07, 6.45) is 1.23. The molecule has 0 atom stereocenters. The summed E-state index contributed by atoms with van der Waals surface area (Å²) in [5.41, 5.74) is 6.45. The molecule has 2 N–H and O–H groups in total. The van der Waals surface area contributed by atoms with E-state index in [9.17, 15) is 4.79 Å². The molecule has 0 bridgehead atoms. The van der Waals surface area contributed by atoms with Crippen molar-refractivity contribution in [2.24, 2.45) is 5.73 Å². The number of nitrogens with zero attached hydrogens (tertiary/aromatic N) is 3. The molecular formula is C15H24N4O3. The lowest BCUT2D eigenvalue weighted by Gasteiger charge is -2.40. The van der Waals surface area contributed by atoms with E-state index < -0.39 is 5.54 Å². The minimum atomic E-state index is -0.734. The molecule has 1 amide bonds. The van der Waals surface area contributed by atoms with Gasteiger partial charge in [-0.3, -0.25) is 9.69 Å². The van der Waals surface area contributed by atoms with Crippen LogP contribution in [0.15, 0.2) is 10.6 Å². The Morgan fingerprint density at radius 1 is 1.32 bits per heavy atom. The van der Waals surface area contributed by atoms with Crippen LogP contribution in [0.1, 0.15) is 24.3 Å². The van der Waals surface area contributed by atoms with Crippen molar-refractivity contribution in [3.05, 3.63) is 17.5 Å². The molecule has 3 heterocycles. The third kappa shape index (κ3) is 3.31. The number of amides is 1. The maximum absolute atomic E-state index is 12.6. The largest absolute Gasteiger partial charge is 0.381 e. The summed E-state index contributed by atoms with van der Waals surface area (Å²) in [5, 5.41) is 3.90. The van der Waals surface area contributed by atoms with E-state index in [2.05, 4.69) is 10.1 Å². The average molecular weight is 308 g/mol. The van der Waals surface area contributed by atoms with E-state index in [-0.39, 0.29) is 5.91 Å². The van der Waals surface area contributed by atoms with E-state index >= 15 is 0 Å². The summed E-state index contributed by atoms with van der Waals surface area (Å²) in [7, 11) is 0. The number of nitrogens with two attached hydrogens (primary N) is 1. The van der Waals surface area contributed by atoms with Gasteiger partial charge in [-0.25, -0.2) is 0 Å². The van der Waals surface area contributed by atoms with Crippen molar-refractivity contribution in [1.82, 2.24) is 15.0 Å². The van der Waals surface area contributed by atoms with Crippen molar-refractivity contribution in [2.45, 2.75) is 31.8 Å². The zero-order valence-corrected chi connectivity index (χ0v) is 13.1. The molecule has 2 saturated heterocycles. The van der Waals surface area contributed by atoms with Gasteiger partial charge in [-0.05, 0) is 19.8 Å². The van der Waals surface area contributed by atoms with Gasteiger partial charge < -0.3 is 19.9 Å². The van der Waals surface area contributed by atoms with Crippen molar-refractivity contribution >= 4 is 5.91 Å². The molecule has 2 aliphatic heterocycles. The fraction of sp³-hybridized carbons (Fsp3) is 0.733. The van der Waals surface area contributed by atoms with Crippen LogP contribution in [0.3, 0.4) is 0 Å². The fourth-order valence-electron chi connectivity index (χ4n) is 3.08. The Morgan fingerprint density at radius 2 is 2.00 bits per heavy atom. The number of rotatable bonds is 3. The summed E-state index contributed by atoms with van der Waals surface area (Å²) in [6.45, 7) is 6.90. The lowest BCUT2D eigenvalue weighted by molar-refractivity contribution is -0.142. The molecule has 1 aromatic rings. The highest BCUT2D eigenvalue weighted by Gasteiger charge is 2.39. The minimum absolute atomic E-state index is 0.0750. The van der Waals surface area contributed by atoms with Crippen LogP contribution in [0, 0.1) is 6.92 Å². The molecule has 0 unspecified atom stereocenters. The number of aromatic nitrogens is 1. The van der Waals surface area contributed by atoms with Crippen LogP contribution in [0.25, 0.3) is 0 Å². The van der Waals surface area contributed by atoms with Crippen LogP contribution >= 0.6 is 0 Å². The average Bonchev–Trinajstić information content (AvgIpc) is 2.93. The first-order chi connectivity index (χ1) is 10.6. The molecule has 0 spiro atoms. The predicted octanol–water partition coefficient (Wildman–Crippen LogP) is 0.135. The van der Waals surface area contributed by atoms with E-state index in [1.54, 1.807) is 0 Å². The summed E-state index contributed by atoms with van der Waals surface area (Å²) in [4.78, 5) is 16.8. The SMILES string of the molecule is Cc1cc(CN2CCN(C(=O)C3(N)CCOCC3)CC2)on1. The Hall–Kier alpha value is -1.44. The molecule has 122 valence electrons. The molecule has 1 aromatic heterocycles. The van der Waals surface area contributed by atoms with Gasteiger partial charge in [0.1, 0.15) is 0 Å². The van der Waals surface area contributed by atoms with Crippen molar-refractivity contribution in [3.63, 3.8) is 0 Å². The van der Waals surface area contributed by atoms with E-state index in [0.717, 1.165) is 31.1 Å². The lowest BCUT2D eigenvalue weighted by Crippen LogP contribution is -2.61. The number of piperazine rings is 1. The zero-order valence-electron chi connectivity index (χ0n) is 13.1. The van der Waals surface area contributed by atoms with Gasteiger partial charge in [-0.1, -0.05) is 5.16 Å². The van der Waals surface area contributed by atoms with Gasteiger partial charge in [0, 0.05) is 45.5 Å². The second-order valence-electron chi connectivity index (χ2n) is 6.27. The first-order valence-corrected chi connectivity index (χ1v) is 7.87. The number of ether oxygens (including phenoxy) is 1. The van der Waals surface area contributed by atoms with Gasteiger partial charge in [0.2, 0.25) is 5.91 Å². The number of hydrogen-bond donors (Lipinski definition) is 1. The number of carbonyl (C=O) groups excluding carboxylic acids is 1. The molecule has 7 nitrogen and oxygen atoms in total. The standard InChI is InChI=1S/C15H24N4O3/c1-12-10-13(22-17-12)11-18-4-6-19(7-5-18)14(20)15(16)2-8-21-9-3-15/h10H,2-9,11,16H2,1H3. The molecule has 2 fully saturated rings. The van der Waals surface area contributed by atoms with Gasteiger partial charge in [0.15, 0.2) is 5.76 Å². The van der Waals surface area contributed by atoms with Crippen LogP contribution in [0.5, 0.6) is 0 Å². The van der Waals surface area contributed by atoms with Crippen molar-refractivity contribution < 1.29 is 14.1 Å². The van der Waals surface area contributed by atoms with Crippen molar-refractivity contribution in [2.75, 3.05) is 39.4 Å². The third-order valence-corrected chi connectivity index (χ3v) is 4.53. The van der Waals surface area contributed by atoms with Crippen LogP contribution in [-0.2, 0) is 16.1 Å². The maximum Gasteiger partial charge on any atom is 0.242 e. The van der Waals surface area contributed by atoms with E-state index in [1.165, 1.54) is 0 Å². The molecule has 0 aromatic carbocycles. The Kier molecular flexibility index (Phi) is 4.46. The maximum atomic E-state index is 12.6. The smallest absolute Gasteiger partial charge is 0.242 e. The van der Waals surface area contributed by atoms with Gasteiger partial charge in [0.05, 0.1) is 17.8 Å². The van der Waals surface area contributed by atoms with E-state index in [1.807, 2.05) is 17.9 Å². The lowest BCUT2D eigenvalue weighted by atomic mass is 9.89. The number of carbonyl (C=O) groups is 1. The molecular weight excluding hydrogens is 284 g/mol. The predicted molar refractivity (Wildman–Crippen MR) is 80.1 cm³/mol.